The summed E-state index contributed by atoms with van der Waals surface area (Å²) in [6.07, 6.45) is 8.06. The summed E-state index contributed by atoms with van der Waals surface area (Å²) in [5.74, 6) is 0.896. The number of benzene rings is 1. The maximum absolute atomic E-state index is 3.68. The van der Waals surface area contributed by atoms with Crippen LogP contribution in [0.2, 0.25) is 0 Å². The first-order chi connectivity index (χ1) is 8.33. The first kappa shape index (κ1) is 11.7. The minimum Gasteiger partial charge on any atom is -0.314 e. The molecular weight excluding hydrogens is 274 g/mol. The summed E-state index contributed by atoms with van der Waals surface area (Å²) >= 11 is 3.68. The predicted octanol–water partition coefficient (Wildman–Crippen LogP) is 3.70. The van der Waals surface area contributed by atoms with E-state index in [1.54, 1.807) is 11.1 Å². The molecule has 0 bridgehead atoms. The Morgan fingerprint density at radius 1 is 1.29 bits per heavy atom. The number of nitrogens with one attached hydrogen (secondary N) is 1. The minimum absolute atomic E-state index is 0.800. The molecule has 0 spiro atoms. The van der Waals surface area contributed by atoms with Crippen molar-refractivity contribution in [2.24, 2.45) is 5.92 Å². The zero-order valence-corrected chi connectivity index (χ0v) is 11.8. The molecule has 92 valence electrons. The van der Waals surface area contributed by atoms with Crippen molar-refractivity contribution in [2.45, 2.75) is 44.6 Å². The van der Waals surface area contributed by atoms with E-state index in [0.717, 1.165) is 12.0 Å². The zero-order chi connectivity index (χ0) is 11.7. The fraction of sp³-hybridized carbons (Fsp3) is 0.600. The lowest BCUT2D eigenvalue weighted by Crippen LogP contribution is -2.27. The quantitative estimate of drug-likeness (QED) is 0.877. The summed E-state index contributed by atoms with van der Waals surface area (Å²) in [6.45, 7) is 1.24. The second-order valence-electron chi connectivity index (χ2n) is 5.52. The highest BCUT2D eigenvalue weighted by atomic mass is 79.9. The van der Waals surface area contributed by atoms with E-state index in [4.69, 9.17) is 0 Å². The van der Waals surface area contributed by atoms with Gasteiger partial charge in [-0.3, -0.25) is 0 Å². The molecule has 2 aliphatic rings. The van der Waals surface area contributed by atoms with Crippen molar-refractivity contribution in [3.63, 3.8) is 0 Å². The van der Waals surface area contributed by atoms with Gasteiger partial charge >= 0.3 is 0 Å². The largest absolute Gasteiger partial charge is 0.314 e. The van der Waals surface area contributed by atoms with E-state index >= 15 is 0 Å². The Hall–Kier alpha value is -0.340. The molecule has 0 saturated carbocycles. The van der Waals surface area contributed by atoms with E-state index in [2.05, 4.69) is 39.4 Å². The van der Waals surface area contributed by atoms with E-state index in [-0.39, 0.29) is 0 Å². The van der Waals surface area contributed by atoms with Gasteiger partial charge in [0, 0.05) is 10.5 Å². The van der Waals surface area contributed by atoms with E-state index in [0.29, 0.717) is 0 Å². The average molecular weight is 294 g/mol. The van der Waals surface area contributed by atoms with Crippen molar-refractivity contribution in [1.29, 1.82) is 0 Å². The maximum Gasteiger partial charge on any atom is 0.0210 e. The number of fused-ring (bicyclic) bond motifs is 1. The van der Waals surface area contributed by atoms with Gasteiger partial charge in [-0.2, -0.15) is 0 Å². The van der Waals surface area contributed by atoms with Crippen LogP contribution >= 0.6 is 15.9 Å². The van der Waals surface area contributed by atoms with Crippen molar-refractivity contribution in [3.8, 4) is 0 Å². The van der Waals surface area contributed by atoms with Crippen LogP contribution < -0.4 is 5.32 Å². The van der Waals surface area contributed by atoms with E-state index < -0.39 is 0 Å². The van der Waals surface area contributed by atoms with Gasteiger partial charge in [-0.05, 0) is 68.2 Å². The molecule has 0 radical (unpaired) electrons. The normalized spacial score (nSPS) is 28.1. The van der Waals surface area contributed by atoms with Crippen molar-refractivity contribution >= 4 is 15.9 Å². The first-order valence-corrected chi connectivity index (χ1v) is 7.62. The van der Waals surface area contributed by atoms with Crippen LogP contribution in [0.5, 0.6) is 0 Å². The van der Waals surface area contributed by atoms with Crippen LogP contribution in [0.1, 0.15) is 36.8 Å². The molecule has 2 unspecified atom stereocenters. The number of rotatable bonds is 2. The van der Waals surface area contributed by atoms with Crippen molar-refractivity contribution in [3.05, 3.63) is 33.8 Å². The second kappa shape index (κ2) is 5.11. The van der Waals surface area contributed by atoms with Crippen LogP contribution in [-0.2, 0) is 12.8 Å². The van der Waals surface area contributed by atoms with E-state index in [1.165, 1.54) is 49.5 Å². The molecule has 17 heavy (non-hydrogen) atoms. The number of hydrogen-bond acceptors (Lipinski definition) is 1. The lowest BCUT2D eigenvalue weighted by atomic mass is 9.80. The zero-order valence-electron chi connectivity index (χ0n) is 10.2. The van der Waals surface area contributed by atoms with Crippen molar-refractivity contribution in [1.82, 2.24) is 5.32 Å². The van der Waals surface area contributed by atoms with Gasteiger partial charge in [-0.25, -0.2) is 0 Å². The van der Waals surface area contributed by atoms with E-state index in [1.807, 2.05) is 0 Å². The molecule has 1 aromatic rings. The highest BCUT2D eigenvalue weighted by Crippen LogP contribution is 2.33. The summed E-state index contributed by atoms with van der Waals surface area (Å²) in [4.78, 5) is 0. The maximum atomic E-state index is 3.68. The van der Waals surface area contributed by atoms with Crippen LogP contribution in [0.3, 0.4) is 0 Å². The molecule has 0 aromatic heterocycles. The summed E-state index contributed by atoms with van der Waals surface area (Å²) in [5.41, 5.74) is 3.14. The fourth-order valence-corrected chi connectivity index (χ4v) is 4.00. The topological polar surface area (TPSA) is 12.0 Å². The molecule has 1 aliphatic heterocycles. The van der Waals surface area contributed by atoms with Gasteiger partial charge in [-0.15, -0.1) is 0 Å². The highest BCUT2D eigenvalue weighted by Gasteiger charge is 2.24. The molecule has 1 aliphatic carbocycles. The van der Waals surface area contributed by atoms with Gasteiger partial charge in [-0.1, -0.05) is 28.1 Å². The lowest BCUT2D eigenvalue weighted by Gasteiger charge is -2.27. The van der Waals surface area contributed by atoms with Gasteiger partial charge in [0.2, 0.25) is 0 Å². The van der Waals surface area contributed by atoms with Crippen LogP contribution in [0.4, 0.5) is 0 Å². The smallest absolute Gasteiger partial charge is 0.0210 e. The number of hydrogen-bond donors (Lipinski definition) is 1. The molecule has 2 heteroatoms. The Kier molecular flexibility index (Phi) is 3.53. The number of halogens is 1. The Labute approximate surface area is 112 Å². The second-order valence-corrected chi connectivity index (χ2v) is 6.37. The standard InChI is InChI=1S/C15H20BrN/c16-15-5-1-3-12-9-11(6-7-14(12)15)10-13-4-2-8-17-13/h1,3,5,11,13,17H,2,4,6-10H2. The Balaban J connectivity index is 1.68. The van der Waals surface area contributed by atoms with Crippen LogP contribution in [-0.4, -0.2) is 12.6 Å². The third-order valence-corrected chi connectivity index (χ3v) is 5.05. The van der Waals surface area contributed by atoms with Crippen molar-refractivity contribution in [2.75, 3.05) is 6.54 Å². The Morgan fingerprint density at radius 2 is 2.24 bits per heavy atom. The molecule has 2 atom stereocenters. The Bertz CT molecular complexity index is 396. The van der Waals surface area contributed by atoms with E-state index in [9.17, 15) is 0 Å². The summed E-state index contributed by atoms with van der Waals surface area (Å²) in [7, 11) is 0. The molecule has 1 fully saturated rings. The summed E-state index contributed by atoms with van der Waals surface area (Å²) in [6, 6.07) is 7.47. The first-order valence-electron chi connectivity index (χ1n) is 6.82. The van der Waals surface area contributed by atoms with Crippen LogP contribution in [0, 0.1) is 5.92 Å². The summed E-state index contributed by atoms with van der Waals surface area (Å²) < 4.78 is 1.31. The lowest BCUT2D eigenvalue weighted by molar-refractivity contribution is 0.372. The molecule has 1 aromatic carbocycles. The van der Waals surface area contributed by atoms with Crippen LogP contribution in [0.15, 0.2) is 22.7 Å². The highest BCUT2D eigenvalue weighted by molar-refractivity contribution is 9.10. The molecule has 3 rings (SSSR count). The molecule has 1 nitrogen and oxygen atoms in total. The summed E-state index contributed by atoms with van der Waals surface area (Å²) in [5, 5.41) is 3.63. The van der Waals surface area contributed by atoms with Gasteiger partial charge in [0.05, 0.1) is 0 Å². The fourth-order valence-electron chi connectivity index (χ4n) is 3.40. The molecule has 1 N–H and O–H groups in total. The van der Waals surface area contributed by atoms with Gasteiger partial charge in [0.25, 0.3) is 0 Å². The molecular formula is C15H20BrN. The molecule has 1 saturated heterocycles. The van der Waals surface area contributed by atoms with Gasteiger partial charge < -0.3 is 5.32 Å². The molecule has 0 amide bonds. The predicted molar refractivity (Wildman–Crippen MR) is 75.3 cm³/mol. The third-order valence-electron chi connectivity index (χ3n) is 4.31. The van der Waals surface area contributed by atoms with Gasteiger partial charge in [0.15, 0.2) is 0 Å². The minimum atomic E-state index is 0.800. The monoisotopic (exact) mass is 293 g/mol. The van der Waals surface area contributed by atoms with Crippen LogP contribution in [0.25, 0.3) is 0 Å². The molecule has 1 heterocycles. The Morgan fingerprint density at radius 3 is 3.06 bits per heavy atom. The van der Waals surface area contributed by atoms with Crippen molar-refractivity contribution < 1.29 is 0 Å². The van der Waals surface area contributed by atoms with Gasteiger partial charge in [0.1, 0.15) is 0 Å². The third kappa shape index (κ3) is 2.58. The average Bonchev–Trinajstić information content (AvgIpc) is 2.82. The SMILES string of the molecule is Brc1cccc2c1CCC(CC1CCCN1)C2.